The van der Waals surface area contributed by atoms with Gasteiger partial charge in [0.1, 0.15) is 13.2 Å². The Bertz CT molecular complexity index is 1350. The van der Waals surface area contributed by atoms with Gasteiger partial charge < -0.3 is 14.2 Å². The van der Waals surface area contributed by atoms with Crippen molar-refractivity contribution in [3.05, 3.63) is 97.2 Å². The lowest BCUT2D eigenvalue weighted by Gasteiger charge is -2.18. The maximum Gasteiger partial charge on any atom is 0.306 e. The van der Waals surface area contributed by atoms with Gasteiger partial charge in [0.2, 0.25) is 0 Å². The normalized spacial score (nSPS) is 12.8. The van der Waals surface area contributed by atoms with Crippen molar-refractivity contribution < 1.29 is 28.6 Å². The van der Waals surface area contributed by atoms with Crippen LogP contribution in [0.25, 0.3) is 0 Å². The number of allylic oxidation sites excluding steroid dienone is 16. The summed E-state index contributed by atoms with van der Waals surface area (Å²) < 4.78 is 16.8. The van der Waals surface area contributed by atoms with Crippen molar-refractivity contribution in [2.75, 3.05) is 13.2 Å². The van der Waals surface area contributed by atoms with Crippen LogP contribution < -0.4 is 0 Å². The van der Waals surface area contributed by atoms with Crippen LogP contribution in [0.3, 0.4) is 0 Å². The molecule has 0 aliphatic rings. The van der Waals surface area contributed by atoms with Crippen LogP contribution in [0.2, 0.25) is 0 Å². The molecule has 6 nitrogen and oxygen atoms in total. The molecule has 0 saturated carbocycles. The zero-order valence-electron chi connectivity index (χ0n) is 43.6. The van der Waals surface area contributed by atoms with Gasteiger partial charge in [-0.1, -0.05) is 214 Å². The Kier molecular flexibility index (Phi) is 51.9. The van der Waals surface area contributed by atoms with Crippen LogP contribution in [0.15, 0.2) is 97.2 Å². The second-order valence-corrected chi connectivity index (χ2v) is 18.1. The third-order valence-corrected chi connectivity index (χ3v) is 11.5. The molecule has 0 spiro atoms. The van der Waals surface area contributed by atoms with E-state index in [1.54, 1.807) is 0 Å². The number of hydrogen-bond acceptors (Lipinski definition) is 6. The van der Waals surface area contributed by atoms with Gasteiger partial charge in [0, 0.05) is 19.3 Å². The van der Waals surface area contributed by atoms with Crippen molar-refractivity contribution in [1.29, 1.82) is 0 Å². The Morgan fingerprint density at radius 1 is 0.313 bits per heavy atom. The first-order valence-electron chi connectivity index (χ1n) is 27.7. The van der Waals surface area contributed by atoms with E-state index in [0.29, 0.717) is 19.3 Å². The summed E-state index contributed by atoms with van der Waals surface area (Å²) in [6.45, 7) is 6.42. The van der Waals surface area contributed by atoms with Gasteiger partial charge in [-0.2, -0.15) is 0 Å². The van der Waals surface area contributed by atoms with E-state index < -0.39 is 6.10 Å². The first-order valence-corrected chi connectivity index (χ1v) is 27.7. The minimum atomic E-state index is -0.791. The van der Waals surface area contributed by atoms with E-state index in [2.05, 4.69) is 118 Å². The van der Waals surface area contributed by atoms with Crippen LogP contribution in [0.5, 0.6) is 0 Å². The Hall–Kier alpha value is -3.67. The zero-order valence-corrected chi connectivity index (χ0v) is 43.6. The van der Waals surface area contributed by atoms with Crippen LogP contribution in [0.1, 0.15) is 252 Å². The number of esters is 3. The summed E-state index contributed by atoms with van der Waals surface area (Å²) in [6.07, 6.45) is 72.6. The van der Waals surface area contributed by atoms with Crippen LogP contribution in [0, 0.1) is 0 Å². The number of hydrogen-bond donors (Lipinski definition) is 0. The third kappa shape index (κ3) is 53.2. The van der Waals surface area contributed by atoms with Crippen LogP contribution in [0.4, 0.5) is 0 Å². The first kappa shape index (κ1) is 63.3. The molecule has 0 bridgehead atoms. The van der Waals surface area contributed by atoms with E-state index in [9.17, 15) is 14.4 Å². The fraction of sp³-hybridized carbons (Fsp3) is 0.689. The highest BCUT2D eigenvalue weighted by Crippen LogP contribution is 2.14. The molecule has 0 heterocycles. The highest BCUT2D eigenvalue weighted by molar-refractivity contribution is 5.71. The highest BCUT2D eigenvalue weighted by atomic mass is 16.6. The van der Waals surface area contributed by atoms with E-state index in [4.69, 9.17) is 14.2 Å². The molecule has 0 aliphatic carbocycles. The summed E-state index contributed by atoms with van der Waals surface area (Å²) in [6, 6.07) is 0. The molecule has 0 rings (SSSR count). The molecule has 6 heteroatoms. The predicted molar refractivity (Wildman–Crippen MR) is 288 cm³/mol. The van der Waals surface area contributed by atoms with Crippen LogP contribution in [-0.4, -0.2) is 37.2 Å². The van der Waals surface area contributed by atoms with Crippen molar-refractivity contribution in [3.8, 4) is 0 Å². The molecule has 1 atom stereocenters. The fourth-order valence-corrected chi connectivity index (χ4v) is 7.38. The number of ether oxygens (including phenoxy) is 3. The quantitative estimate of drug-likeness (QED) is 0.0262. The summed E-state index contributed by atoms with van der Waals surface area (Å²) >= 11 is 0. The van der Waals surface area contributed by atoms with Crippen molar-refractivity contribution in [2.45, 2.75) is 258 Å². The van der Waals surface area contributed by atoms with E-state index in [1.807, 2.05) is 0 Å². The van der Waals surface area contributed by atoms with Crippen molar-refractivity contribution >= 4 is 17.9 Å². The number of carbonyl (C=O) groups is 3. The molecule has 0 N–H and O–H groups in total. The van der Waals surface area contributed by atoms with E-state index in [-0.39, 0.29) is 31.1 Å². The van der Waals surface area contributed by atoms with Crippen molar-refractivity contribution in [2.24, 2.45) is 0 Å². The minimum Gasteiger partial charge on any atom is -0.462 e. The maximum absolute atomic E-state index is 12.8. The second kappa shape index (κ2) is 54.9. The molecule has 67 heavy (non-hydrogen) atoms. The molecule has 0 aliphatic heterocycles. The number of unbranched alkanes of at least 4 members (excludes halogenated alkanes) is 22. The summed E-state index contributed by atoms with van der Waals surface area (Å²) in [5.41, 5.74) is 0. The Morgan fingerprint density at radius 2 is 0.612 bits per heavy atom. The Labute approximate surface area is 413 Å². The van der Waals surface area contributed by atoms with E-state index in [1.165, 1.54) is 70.6 Å². The lowest BCUT2D eigenvalue weighted by molar-refractivity contribution is -0.167. The minimum absolute atomic E-state index is 0.0905. The Morgan fingerprint density at radius 3 is 0.985 bits per heavy atom. The van der Waals surface area contributed by atoms with Crippen LogP contribution >= 0.6 is 0 Å². The van der Waals surface area contributed by atoms with Gasteiger partial charge >= 0.3 is 17.9 Å². The smallest absolute Gasteiger partial charge is 0.306 e. The summed E-state index contributed by atoms with van der Waals surface area (Å²) in [4.78, 5) is 38.0. The van der Waals surface area contributed by atoms with Gasteiger partial charge in [-0.05, 0) is 116 Å². The fourth-order valence-electron chi connectivity index (χ4n) is 7.38. The Balaban J connectivity index is 4.33. The van der Waals surface area contributed by atoms with Crippen molar-refractivity contribution in [1.82, 2.24) is 0 Å². The van der Waals surface area contributed by atoms with Gasteiger partial charge in [-0.25, -0.2) is 0 Å². The standard InChI is InChI=1S/C61H102O6/c1-4-7-10-13-16-19-22-24-26-27-28-29-30-31-32-33-34-35-36-38-39-42-45-48-51-54-60(63)66-57-58(56-65-59(62)53-50-47-44-41-21-18-15-12-9-6-3)67-61(64)55-52-49-46-43-40-37-25-23-20-17-14-11-8-5-2/h7,10,12,15-16,19,23-26,28-29,31-32,34-35,58H,4-6,8-9,11,13-14,17-18,20-22,27,30,33,36-57H2,1-3H3/b10-7-,15-12-,19-16-,25-23-,26-24-,29-28-,32-31-,35-34-. The number of carbonyl (C=O) groups excluding carboxylic acids is 3. The molecule has 0 aromatic heterocycles. The molecular weight excluding hydrogens is 829 g/mol. The highest BCUT2D eigenvalue weighted by Gasteiger charge is 2.19. The van der Waals surface area contributed by atoms with Gasteiger partial charge in [0.15, 0.2) is 6.10 Å². The first-order chi connectivity index (χ1) is 33.0. The average Bonchev–Trinajstić information content (AvgIpc) is 3.33. The number of rotatable bonds is 49. The second-order valence-electron chi connectivity index (χ2n) is 18.1. The molecule has 0 aromatic rings. The molecule has 0 amide bonds. The van der Waals surface area contributed by atoms with Gasteiger partial charge in [-0.3, -0.25) is 14.4 Å². The van der Waals surface area contributed by atoms with Gasteiger partial charge in [0.25, 0.3) is 0 Å². The summed E-state index contributed by atoms with van der Waals surface area (Å²) in [5.74, 6) is -0.925. The molecule has 0 saturated heterocycles. The average molecular weight is 931 g/mol. The molecule has 1 unspecified atom stereocenters. The van der Waals surface area contributed by atoms with Crippen LogP contribution in [-0.2, 0) is 28.6 Å². The molecule has 0 radical (unpaired) electrons. The third-order valence-electron chi connectivity index (χ3n) is 11.5. The summed E-state index contributed by atoms with van der Waals surface area (Å²) in [5, 5.41) is 0. The molecule has 0 fully saturated rings. The monoisotopic (exact) mass is 931 g/mol. The molecule has 382 valence electrons. The van der Waals surface area contributed by atoms with E-state index in [0.717, 1.165) is 141 Å². The molecule has 0 aromatic carbocycles. The van der Waals surface area contributed by atoms with Gasteiger partial charge in [0.05, 0.1) is 0 Å². The summed E-state index contributed by atoms with van der Waals surface area (Å²) in [7, 11) is 0. The van der Waals surface area contributed by atoms with Gasteiger partial charge in [-0.15, -0.1) is 0 Å². The lowest BCUT2D eigenvalue weighted by Crippen LogP contribution is -2.30. The topological polar surface area (TPSA) is 78.9 Å². The van der Waals surface area contributed by atoms with E-state index >= 15 is 0 Å². The lowest BCUT2D eigenvalue weighted by atomic mass is 10.1. The largest absolute Gasteiger partial charge is 0.462 e. The predicted octanol–water partition coefficient (Wildman–Crippen LogP) is 18.5. The SMILES string of the molecule is CC/C=C\C/C=C\C/C=C\C/C=C\C/C=C\C/C=C\CCCCCCCCC(=O)OCC(COC(=O)CCCCCCC/C=C\CCC)OC(=O)CCCCCCC/C=C\CCCCCCC. The van der Waals surface area contributed by atoms with Crippen molar-refractivity contribution in [3.63, 3.8) is 0 Å². The zero-order chi connectivity index (χ0) is 48.6. The molecular formula is C61H102O6. The maximum atomic E-state index is 12.8.